The standard InChI is InChI=1S/C15H31N3/c1-15(2,3)18-9-7-17(8-10-18)12-14-6-4-5-13(14)11-16/h13-14H,4-12,16H2,1-3H3. The zero-order chi connectivity index (χ0) is 13.2. The Bertz CT molecular complexity index is 251. The average molecular weight is 253 g/mol. The Labute approximate surface area is 113 Å². The van der Waals surface area contributed by atoms with E-state index in [0.717, 1.165) is 18.4 Å². The maximum Gasteiger partial charge on any atom is 0.0126 e. The quantitative estimate of drug-likeness (QED) is 0.832. The lowest BCUT2D eigenvalue weighted by molar-refractivity contribution is 0.0525. The predicted molar refractivity (Wildman–Crippen MR) is 77.7 cm³/mol. The largest absolute Gasteiger partial charge is 0.330 e. The summed E-state index contributed by atoms with van der Waals surface area (Å²) >= 11 is 0. The van der Waals surface area contributed by atoms with Crippen LogP contribution in [0.3, 0.4) is 0 Å². The van der Waals surface area contributed by atoms with E-state index in [9.17, 15) is 0 Å². The normalized spacial score (nSPS) is 32.0. The van der Waals surface area contributed by atoms with Gasteiger partial charge in [0.15, 0.2) is 0 Å². The fourth-order valence-electron chi connectivity index (χ4n) is 3.60. The van der Waals surface area contributed by atoms with E-state index in [1.165, 1.54) is 52.0 Å². The van der Waals surface area contributed by atoms with E-state index in [-0.39, 0.29) is 0 Å². The molecule has 1 aliphatic carbocycles. The van der Waals surface area contributed by atoms with Gasteiger partial charge in [-0.3, -0.25) is 4.90 Å². The molecular weight excluding hydrogens is 222 g/mol. The highest BCUT2D eigenvalue weighted by Gasteiger charge is 2.30. The Hall–Kier alpha value is -0.120. The minimum atomic E-state index is 0.333. The maximum atomic E-state index is 5.88. The lowest BCUT2D eigenvalue weighted by Crippen LogP contribution is -2.54. The molecule has 1 heterocycles. The molecule has 106 valence electrons. The maximum absolute atomic E-state index is 5.88. The molecule has 2 atom stereocenters. The van der Waals surface area contributed by atoms with Crippen LogP contribution in [-0.4, -0.2) is 54.6 Å². The van der Waals surface area contributed by atoms with Crippen molar-refractivity contribution in [3.8, 4) is 0 Å². The lowest BCUT2D eigenvalue weighted by Gasteiger charge is -2.43. The van der Waals surface area contributed by atoms with Gasteiger partial charge in [0, 0.05) is 38.3 Å². The van der Waals surface area contributed by atoms with E-state index < -0.39 is 0 Å². The molecule has 0 aromatic rings. The second-order valence-corrected chi connectivity index (χ2v) is 7.15. The second kappa shape index (κ2) is 5.89. The van der Waals surface area contributed by atoms with Crippen LogP contribution in [0.25, 0.3) is 0 Å². The minimum absolute atomic E-state index is 0.333. The van der Waals surface area contributed by atoms with E-state index in [2.05, 4.69) is 30.6 Å². The van der Waals surface area contributed by atoms with E-state index >= 15 is 0 Å². The van der Waals surface area contributed by atoms with Crippen molar-refractivity contribution < 1.29 is 0 Å². The molecule has 3 heteroatoms. The number of rotatable bonds is 3. The molecule has 0 bridgehead atoms. The number of hydrogen-bond acceptors (Lipinski definition) is 3. The fraction of sp³-hybridized carbons (Fsp3) is 1.00. The van der Waals surface area contributed by atoms with Crippen molar-refractivity contribution in [2.24, 2.45) is 17.6 Å². The van der Waals surface area contributed by atoms with Gasteiger partial charge in [0.2, 0.25) is 0 Å². The summed E-state index contributed by atoms with van der Waals surface area (Å²) in [5, 5.41) is 0. The number of nitrogens with zero attached hydrogens (tertiary/aromatic N) is 2. The van der Waals surface area contributed by atoms with Crippen molar-refractivity contribution in [3.05, 3.63) is 0 Å². The third-order valence-corrected chi connectivity index (χ3v) is 4.93. The first-order valence-corrected chi connectivity index (χ1v) is 7.68. The van der Waals surface area contributed by atoms with Crippen molar-refractivity contribution in [1.82, 2.24) is 9.80 Å². The highest BCUT2D eigenvalue weighted by molar-refractivity contribution is 4.85. The van der Waals surface area contributed by atoms with Crippen LogP contribution in [0.5, 0.6) is 0 Å². The van der Waals surface area contributed by atoms with Crippen LogP contribution in [-0.2, 0) is 0 Å². The van der Waals surface area contributed by atoms with Crippen molar-refractivity contribution in [2.45, 2.75) is 45.6 Å². The van der Waals surface area contributed by atoms with Crippen molar-refractivity contribution in [2.75, 3.05) is 39.3 Å². The molecule has 18 heavy (non-hydrogen) atoms. The van der Waals surface area contributed by atoms with E-state index in [1.807, 2.05) is 0 Å². The number of piperazine rings is 1. The first-order valence-electron chi connectivity index (χ1n) is 7.68. The highest BCUT2D eigenvalue weighted by Crippen LogP contribution is 2.31. The molecular formula is C15H31N3. The molecule has 1 aliphatic heterocycles. The van der Waals surface area contributed by atoms with Gasteiger partial charge in [-0.1, -0.05) is 6.42 Å². The van der Waals surface area contributed by atoms with Gasteiger partial charge in [0.1, 0.15) is 0 Å². The van der Waals surface area contributed by atoms with Crippen LogP contribution in [0.2, 0.25) is 0 Å². The van der Waals surface area contributed by atoms with Gasteiger partial charge in [-0.05, 0) is 52.0 Å². The van der Waals surface area contributed by atoms with E-state index in [0.29, 0.717) is 5.54 Å². The third-order valence-electron chi connectivity index (χ3n) is 4.93. The summed E-state index contributed by atoms with van der Waals surface area (Å²) < 4.78 is 0. The fourth-order valence-corrected chi connectivity index (χ4v) is 3.60. The molecule has 1 saturated carbocycles. The molecule has 0 amide bonds. The summed E-state index contributed by atoms with van der Waals surface area (Å²) in [6, 6.07) is 0. The molecule has 2 unspecified atom stereocenters. The van der Waals surface area contributed by atoms with Gasteiger partial charge < -0.3 is 10.6 Å². The smallest absolute Gasteiger partial charge is 0.0126 e. The molecule has 0 spiro atoms. The van der Waals surface area contributed by atoms with Crippen LogP contribution in [0.1, 0.15) is 40.0 Å². The number of hydrogen-bond donors (Lipinski definition) is 1. The van der Waals surface area contributed by atoms with E-state index in [1.54, 1.807) is 0 Å². The van der Waals surface area contributed by atoms with Crippen LogP contribution in [0.15, 0.2) is 0 Å². The first kappa shape index (κ1) is 14.3. The van der Waals surface area contributed by atoms with Crippen LogP contribution < -0.4 is 5.73 Å². The summed E-state index contributed by atoms with van der Waals surface area (Å²) in [5.74, 6) is 1.67. The van der Waals surface area contributed by atoms with E-state index in [4.69, 9.17) is 5.73 Å². The average Bonchev–Trinajstić information content (AvgIpc) is 2.76. The first-order chi connectivity index (χ1) is 8.50. The Balaban J connectivity index is 1.77. The lowest BCUT2D eigenvalue weighted by atomic mass is 9.95. The van der Waals surface area contributed by atoms with Gasteiger partial charge in [-0.2, -0.15) is 0 Å². The van der Waals surface area contributed by atoms with Gasteiger partial charge >= 0.3 is 0 Å². The van der Waals surface area contributed by atoms with Crippen LogP contribution in [0, 0.1) is 11.8 Å². The molecule has 0 aromatic carbocycles. The summed E-state index contributed by atoms with van der Waals surface area (Å²) in [5.41, 5.74) is 6.21. The van der Waals surface area contributed by atoms with Gasteiger partial charge in [0.05, 0.1) is 0 Å². The SMILES string of the molecule is CC(C)(C)N1CCN(CC2CCCC2CN)CC1. The summed E-state index contributed by atoms with van der Waals surface area (Å²) in [7, 11) is 0. The Morgan fingerprint density at radius 1 is 1.00 bits per heavy atom. The topological polar surface area (TPSA) is 32.5 Å². The molecule has 1 saturated heterocycles. The predicted octanol–water partition coefficient (Wildman–Crippen LogP) is 1.78. The Morgan fingerprint density at radius 3 is 2.17 bits per heavy atom. The molecule has 2 fully saturated rings. The zero-order valence-electron chi connectivity index (χ0n) is 12.5. The minimum Gasteiger partial charge on any atom is -0.330 e. The van der Waals surface area contributed by atoms with Crippen LogP contribution in [0.4, 0.5) is 0 Å². The summed E-state index contributed by atoms with van der Waals surface area (Å²) in [6.45, 7) is 14.1. The summed E-state index contributed by atoms with van der Waals surface area (Å²) in [6.07, 6.45) is 4.17. The molecule has 2 N–H and O–H groups in total. The van der Waals surface area contributed by atoms with Gasteiger partial charge in [0.25, 0.3) is 0 Å². The highest BCUT2D eigenvalue weighted by atomic mass is 15.3. The monoisotopic (exact) mass is 253 g/mol. The summed E-state index contributed by atoms with van der Waals surface area (Å²) in [4.78, 5) is 5.28. The molecule has 0 radical (unpaired) electrons. The van der Waals surface area contributed by atoms with Crippen molar-refractivity contribution in [1.29, 1.82) is 0 Å². The zero-order valence-corrected chi connectivity index (χ0v) is 12.5. The van der Waals surface area contributed by atoms with Crippen molar-refractivity contribution >= 4 is 0 Å². The molecule has 2 rings (SSSR count). The second-order valence-electron chi connectivity index (χ2n) is 7.15. The van der Waals surface area contributed by atoms with Crippen molar-refractivity contribution in [3.63, 3.8) is 0 Å². The Morgan fingerprint density at radius 2 is 1.61 bits per heavy atom. The molecule has 2 aliphatic rings. The van der Waals surface area contributed by atoms with Crippen LogP contribution >= 0.6 is 0 Å². The third kappa shape index (κ3) is 3.46. The van der Waals surface area contributed by atoms with Gasteiger partial charge in [-0.15, -0.1) is 0 Å². The Kier molecular flexibility index (Phi) is 4.68. The number of nitrogens with two attached hydrogens (primary N) is 1. The molecule has 0 aromatic heterocycles. The van der Waals surface area contributed by atoms with Gasteiger partial charge in [-0.25, -0.2) is 0 Å². The molecule has 3 nitrogen and oxygen atoms in total.